The number of carbonyl (C=O) groups is 1. The maximum absolute atomic E-state index is 12.7. The van der Waals surface area contributed by atoms with Crippen LogP contribution in [-0.2, 0) is 9.53 Å². The molecular weight excluding hydrogens is 228 g/mol. The number of amides is 1. The quantitative estimate of drug-likeness (QED) is 0.797. The normalized spacial score (nSPS) is 39.9. The second-order valence-electron chi connectivity index (χ2n) is 5.87. The van der Waals surface area contributed by atoms with E-state index in [1.54, 1.807) is 0 Å². The summed E-state index contributed by atoms with van der Waals surface area (Å²) in [7, 11) is 0. The summed E-state index contributed by atoms with van der Waals surface area (Å²) in [5.74, 6) is 1.16. The van der Waals surface area contributed by atoms with Crippen LogP contribution in [0.4, 0.5) is 0 Å². The van der Waals surface area contributed by atoms with Crippen molar-refractivity contribution < 1.29 is 9.53 Å². The number of likely N-dealkylation sites (tertiary alicyclic amines) is 1. The Morgan fingerprint density at radius 1 is 1.39 bits per heavy atom. The summed E-state index contributed by atoms with van der Waals surface area (Å²) in [5, 5.41) is 3.44. The van der Waals surface area contributed by atoms with E-state index in [0.29, 0.717) is 17.9 Å². The maximum atomic E-state index is 12.7. The van der Waals surface area contributed by atoms with E-state index in [-0.39, 0.29) is 12.0 Å². The number of fused-ring (bicyclic) bond motifs is 1. The molecule has 0 saturated carbocycles. The second-order valence-corrected chi connectivity index (χ2v) is 5.87. The lowest BCUT2D eigenvalue weighted by molar-refractivity contribution is -0.141. The van der Waals surface area contributed by atoms with Gasteiger partial charge in [0.1, 0.15) is 0 Å². The van der Waals surface area contributed by atoms with Gasteiger partial charge < -0.3 is 15.0 Å². The number of ether oxygens (including phenoxy) is 1. The molecule has 3 fully saturated rings. The van der Waals surface area contributed by atoms with E-state index in [9.17, 15) is 4.79 Å². The van der Waals surface area contributed by atoms with E-state index in [1.165, 1.54) is 12.8 Å². The number of rotatable bonds is 2. The number of hydrogen-bond acceptors (Lipinski definition) is 3. The topological polar surface area (TPSA) is 41.6 Å². The fourth-order valence-electron chi connectivity index (χ4n) is 3.89. The minimum atomic E-state index is 0.120. The largest absolute Gasteiger partial charge is 0.377 e. The molecule has 0 aliphatic carbocycles. The molecule has 4 atom stereocenters. The van der Waals surface area contributed by atoms with Gasteiger partial charge in [0.05, 0.1) is 12.0 Å². The summed E-state index contributed by atoms with van der Waals surface area (Å²) in [4.78, 5) is 14.9. The highest BCUT2D eigenvalue weighted by Crippen LogP contribution is 2.31. The smallest absolute Gasteiger partial charge is 0.228 e. The fraction of sp³-hybridized carbons (Fsp3) is 0.929. The van der Waals surface area contributed by atoms with E-state index < -0.39 is 0 Å². The molecular formula is C14H24N2O2. The molecule has 4 nitrogen and oxygen atoms in total. The SMILES string of the molecule is CCC1OCCC1C(=O)N1CCCC2CNCC21. The van der Waals surface area contributed by atoms with Gasteiger partial charge >= 0.3 is 0 Å². The monoisotopic (exact) mass is 252 g/mol. The molecule has 3 aliphatic rings. The van der Waals surface area contributed by atoms with Gasteiger partial charge in [-0.05, 0) is 31.6 Å². The van der Waals surface area contributed by atoms with Gasteiger partial charge in [0.2, 0.25) is 5.91 Å². The van der Waals surface area contributed by atoms with Gasteiger partial charge in [-0.3, -0.25) is 4.79 Å². The molecule has 0 radical (unpaired) electrons. The van der Waals surface area contributed by atoms with Crippen LogP contribution in [0.5, 0.6) is 0 Å². The van der Waals surface area contributed by atoms with Crippen LogP contribution in [0, 0.1) is 11.8 Å². The number of piperidine rings is 1. The minimum absolute atomic E-state index is 0.120. The van der Waals surface area contributed by atoms with Crippen molar-refractivity contribution >= 4 is 5.91 Å². The molecule has 3 aliphatic heterocycles. The third-order valence-corrected chi connectivity index (χ3v) is 4.89. The molecule has 1 N–H and O–H groups in total. The molecule has 3 saturated heterocycles. The van der Waals surface area contributed by atoms with Crippen LogP contribution < -0.4 is 5.32 Å². The minimum Gasteiger partial charge on any atom is -0.377 e. The summed E-state index contributed by atoms with van der Waals surface area (Å²) >= 11 is 0. The first-order valence-electron chi connectivity index (χ1n) is 7.44. The first-order valence-corrected chi connectivity index (χ1v) is 7.44. The van der Waals surface area contributed by atoms with Gasteiger partial charge in [0, 0.05) is 32.3 Å². The van der Waals surface area contributed by atoms with Crippen molar-refractivity contribution in [2.75, 3.05) is 26.2 Å². The third kappa shape index (κ3) is 2.05. The predicted octanol–water partition coefficient (Wildman–Crippen LogP) is 1.01. The van der Waals surface area contributed by atoms with Gasteiger partial charge in [-0.15, -0.1) is 0 Å². The summed E-state index contributed by atoms with van der Waals surface area (Å²) in [6.07, 6.45) is 4.47. The lowest BCUT2D eigenvalue weighted by Gasteiger charge is -2.39. The Morgan fingerprint density at radius 3 is 3.11 bits per heavy atom. The number of carbonyl (C=O) groups excluding carboxylic acids is 1. The molecule has 0 spiro atoms. The lowest BCUT2D eigenvalue weighted by Crippen LogP contribution is -2.51. The van der Waals surface area contributed by atoms with Gasteiger partial charge in [-0.2, -0.15) is 0 Å². The van der Waals surface area contributed by atoms with Crippen molar-refractivity contribution in [3.8, 4) is 0 Å². The first kappa shape index (κ1) is 12.4. The van der Waals surface area contributed by atoms with Crippen molar-refractivity contribution in [2.45, 2.75) is 44.8 Å². The first-order chi connectivity index (χ1) is 8.81. The Balaban J connectivity index is 1.71. The Labute approximate surface area is 109 Å². The zero-order chi connectivity index (χ0) is 12.5. The third-order valence-electron chi connectivity index (χ3n) is 4.89. The van der Waals surface area contributed by atoms with Crippen molar-refractivity contribution in [1.82, 2.24) is 10.2 Å². The lowest BCUT2D eigenvalue weighted by atomic mass is 9.89. The van der Waals surface area contributed by atoms with E-state index >= 15 is 0 Å². The van der Waals surface area contributed by atoms with Crippen LogP contribution in [0.3, 0.4) is 0 Å². The van der Waals surface area contributed by atoms with Crippen LogP contribution in [0.15, 0.2) is 0 Å². The molecule has 3 rings (SSSR count). The summed E-state index contributed by atoms with van der Waals surface area (Å²) in [6.45, 7) is 5.91. The van der Waals surface area contributed by atoms with Crippen LogP contribution in [0.1, 0.15) is 32.6 Å². The van der Waals surface area contributed by atoms with Crippen molar-refractivity contribution in [2.24, 2.45) is 11.8 Å². The standard InChI is InChI=1S/C14H24N2O2/c1-2-13-11(5-7-18-13)14(17)16-6-3-4-10-8-15-9-12(10)16/h10-13,15H,2-9H2,1H3. The Morgan fingerprint density at radius 2 is 2.28 bits per heavy atom. The molecule has 4 heteroatoms. The molecule has 0 aromatic heterocycles. The van der Waals surface area contributed by atoms with Gasteiger partial charge in [0.15, 0.2) is 0 Å². The van der Waals surface area contributed by atoms with Crippen molar-refractivity contribution in [3.63, 3.8) is 0 Å². The highest BCUT2D eigenvalue weighted by molar-refractivity contribution is 5.80. The number of nitrogens with zero attached hydrogens (tertiary/aromatic N) is 1. The number of nitrogens with one attached hydrogen (secondary N) is 1. The highest BCUT2D eigenvalue weighted by atomic mass is 16.5. The Bertz CT molecular complexity index is 321. The molecule has 18 heavy (non-hydrogen) atoms. The summed E-state index contributed by atoms with van der Waals surface area (Å²) < 4.78 is 5.67. The van der Waals surface area contributed by atoms with Crippen LogP contribution >= 0.6 is 0 Å². The summed E-state index contributed by atoms with van der Waals surface area (Å²) in [5.41, 5.74) is 0. The second kappa shape index (κ2) is 5.17. The van der Waals surface area contributed by atoms with Crippen molar-refractivity contribution in [3.05, 3.63) is 0 Å². The average molecular weight is 252 g/mol. The van der Waals surface area contributed by atoms with Gasteiger partial charge in [-0.1, -0.05) is 6.92 Å². The molecule has 1 amide bonds. The molecule has 102 valence electrons. The molecule has 4 unspecified atom stereocenters. The molecule has 0 aromatic rings. The average Bonchev–Trinajstić information content (AvgIpc) is 3.05. The van der Waals surface area contributed by atoms with E-state index in [4.69, 9.17) is 4.74 Å². The zero-order valence-corrected chi connectivity index (χ0v) is 11.2. The van der Waals surface area contributed by atoms with Gasteiger partial charge in [0.25, 0.3) is 0 Å². The highest BCUT2D eigenvalue weighted by Gasteiger charge is 2.42. The Kier molecular flexibility index (Phi) is 3.57. The maximum Gasteiger partial charge on any atom is 0.228 e. The zero-order valence-electron chi connectivity index (χ0n) is 11.2. The fourth-order valence-corrected chi connectivity index (χ4v) is 3.89. The van der Waals surface area contributed by atoms with E-state index in [0.717, 1.165) is 39.1 Å². The van der Waals surface area contributed by atoms with E-state index in [2.05, 4.69) is 17.1 Å². The predicted molar refractivity (Wildman–Crippen MR) is 69.2 cm³/mol. The molecule has 0 aromatic carbocycles. The molecule has 3 heterocycles. The molecule has 0 bridgehead atoms. The van der Waals surface area contributed by atoms with E-state index in [1.807, 2.05) is 0 Å². The summed E-state index contributed by atoms with van der Waals surface area (Å²) in [6, 6.07) is 0.448. The van der Waals surface area contributed by atoms with Crippen LogP contribution in [0.25, 0.3) is 0 Å². The van der Waals surface area contributed by atoms with Crippen LogP contribution in [0.2, 0.25) is 0 Å². The van der Waals surface area contributed by atoms with Crippen LogP contribution in [-0.4, -0.2) is 49.2 Å². The number of hydrogen-bond donors (Lipinski definition) is 1. The Hall–Kier alpha value is -0.610. The van der Waals surface area contributed by atoms with Gasteiger partial charge in [-0.25, -0.2) is 0 Å². The van der Waals surface area contributed by atoms with Crippen molar-refractivity contribution in [1.29, 1.82) is 0 Å².